The SMILES string of the molecule is CCCn1c2c(cc(-c3csc(NCC)n3)c1=O)CCC2. The second-order valence-corrected chi connectivity index (χ2v) is 6.27. The Bertz CT molecular complexity index is 702. The van der Waals surface area contributed by atoms with Crippen LogP contribution in [0.25, 0.3) is 11.3 Å². The fourth-order valence-electron chi connectivity index (χ4n) is 2.99. The van der Waals surface area contributed by atoms with Gasteiger partial charge in [-0.25, -0.2) is 4.98 Å². The topological polar surface area (TPSA) is 46.9 Å². The zero-order valence-electron chi connectivity index (χ0n) is 12.6. The Morgan fingerprint density at radius 2 is 2.24 bits per heavy atom. The van der Waals surface area contributed by atoms with E-state index in [1.54, 1.807) is 11.3 Å². The van der Waals surface area contributed by atoms with Gasteiger partial charge in [0.25, 0.3) is 5.56 Å². The van der Waals surface area contributed by atoms with Crippen molar-refractivity contribution in [3.63, 3.8) is 0 Å². The van der Waals surface area contributed by atoms with Gasteiger partial charge in [-0.1, -0.05) is 6.92 Å². The quantitative estimate of drug-likeness (QED) is 0.922. The monoisotopic (exact) mass is 303 g/mol. The molecule has 2 heterocycles. The van der Waals surface area contributed by atoms with Crippen LogP contribution in [0.3, 0.4) is 0 Å². The lowest BCUT2D eigenvalue weighted by molar-refractivity contribution is 0.624. The molecule has 0 bridgehead atoms. The molecule has 0 radical (unpaired) electrons. The minimum absolute atomic E-state index is 0.117. The third-order valence-electron chi connectivity index (χ3n) is 3.91. The second kappa shape index (κ2) is 6.02. The van der Waals surface area contributed by atoms with Crippen LogP contribution >= 0.6 is 11.3 Å². The summed E-state index contributed by atoms with van der Waals surface area (Å²) in [5.41, 5.74) is 4.25. The van der Waals surface area contributed by atoms with Crippen molar-refractivity contribution in [2.75, 3.05) is 11.9 Å². The van der Waals surface area contributed by atoms with E-state index in [0.717, 1.165) is 55.2 Å². The summed E-state index contributed by atoms with van der Waals surface area (Å²) in [4.78, 5) is 17.3. The number of fused-ring (bicyclic) bond motifs is 1. The molecule has 0 saturated heterocycles. The molecule has 0 aromatic carbocycles. The van der Waals surface area contributed by atoms with Crippen LogP contribution in [0.1, 0.15) is 37.9 Å². The molecule has 0 spiro atoms. The first-order valence-corrected chi connectivity index (χ1v) is 8.58. The summed E-state index contributed by atoms with van der Waals surface area (Å²) in [5.74, 6) is 0. The van der Waals surface area contributed by atoms with Gasteiger partial charge in [-0.15, -0.1) is 11.3 Å². The maximum atomic E-state index is 12.8. The van der Waals surface area contributed by atoms with Crippen molar-refractivity contribution < 1.29 is 0 Å². The van der Waals surface area contributed by atoms with Crippen molar-refractivity contribution in [3.8, 4) is 11.3 Å². The number of thiazole rings is 1. The summed E-state index contributed by atoms with van der Waals surface area (Å²) in [7, 11) is 0. The summed E-state index contributed by atoms with van der Waals surface area (Å²) in [5, 5.41) is 6.07. The number of hydrogen-bond donors (Lipinski definition) is 1. The molecule has 112 valence electrons. The molecular formula is C16H21N3OS. The standard InChI is InChI=1S/C16H21N3OS/c1-3-8-19-14-7-5-6-11(14)9-12(15(19)20)13-10-21-16(18-13)17-4-2/h9-10H,3-8H2,1-2H3,(H,17,18). The number of aromatic nitrogens is 2. The molecule has 21 heavy (non-hydrogen) atoms. The molecule has 1 N–H and O–H groups in total. The minimum atomic E-state index is 0.117. The summed E-state index contributed by atoms with van der Waals surface area (Å²) in [6, 6.07) is 2.07. The van der Waals surface area contributed by atoms with Crippen molar-refractivity contribution >= 4 is 16.5 Å². The maximum absolute atomic E-state index is 12.8. The molecule has 0 saturated carbocycles. The molecule has 1 aliphatic carbocycles. The molecular weight excluding hydrogens is 282 g/mol. The molecule has 0 amide bonds. The van der Waals surface area contributed by atoms with Gasteiger partial charge in [-0.2, -0.15) is 0 Å². The van der Waals surface area contributed by atoms with Crippen molar-refractivity contribution in [1.82, 2.24) is 9.55 Å². The molecule has 4 nitrogen and oxygen atoms in total. The Balaban J connectivity index is 2.09. The van der Waals surface area contributed by atoms with Crippen LogP contribution in [-0.4, -0.2) is 16.1 Å². The highest BCUT2D eigenvalue weighted by Gasteiger charge is 2.20. The molecule has 3 rings (SSSR count). The molecule has 2 aromatic heterocycles. The van der Waals surface area contributed by atoms with Crippen LogP contribution in [0.4, 0.5) is 5.13 Å². The van der Waals surface area contributed by atoms with Gasteiger partial charge in [0.05, 0.1) is 11.3 Å². The normalized spacial score (nSPS) is 13.4. The van der Waals surface area contributed by atoms with Crippen molar-refractivity contribution in [1.29, 1.82) is 0 Å². The van der Waals surface area contributed by atoms with Gasteiger partial charge in [0.15, 0.2) is 5.13 Å². The van der Waals surface area contributed by atoms with E-state index < -0.39 is 0 Å². The third-order valence-corrected chi connectivity index (χ3v) is 4.71. The lowest BCUT2D eigenvalue weighted by Crippen LogP contribution is -2.25. The van der Waals surface area contributed by atoms with Crippen molar-refractivity contribution in [2.24, 2.45) is 0 Å². The van der Waals surface area contributed by atoms with E-state index in [4.69, 9.17) is 0 Å². The third kappa shape index (κ3) is 2.62. The van der Waals surface area contributed by atoms with Crippen LogP contribution in [0.15, 0.2) is 16.2 Å². The minimum Gasteiger partial charge on any atom is -0.362 e. The highest BCUT2D eigenvalue weighted by Crippen LogP contribution is 2.27. The fraction of sp³-hybridized carbons (Fsp3) is 0.500. The molecule has 0 atom stereocenters. The predicted octanol–water partition coefficient (Wildman–Crippen LogP) is 3.30. The van der Waals surface area contributed by atoms with Crippen LogP contribution in [-0.2, 0) is 19.4 Å². The Labute approximate surface area is 128 Å². The Morgan fingerprint density at radius 1 is 1.38 bits per heavy atom. The van der Waals surface area contributed by atoms with Crippen molar-refractivity contribution in [2.45, 2.75) is 46.1 Å². The first-order chi connectivity index (χ1) is 10.2. The number of aryl methyl sites for hydroxylation is 1. The first kappa shape index (κ1) is 14.3. The summed E-state index contributed by atoms with van der Waals surface area (Å²) in [6.07, 6.45) is 4.25. The van der Waals surface area contributed by atoms with Gasteiger partial charge in [0, 0.05) is 24.2 Å². The van der Waals surface area contributed by atoms with E-state index in [2.05, 4.69) is 23.3 Å². The van der Waals surface area contributed by atoms with Crippen LogP contribution in [0, 0.1) is 0 Å². The molecule has 2 aromatic rings. The van der Waals surface area contributed by atoms with Crippen LogP contribution in [0.2, 0.25) is 0 Å². The second-order valence-electron chi connectivity index (χ2n) is 5.41. The fourth-order valence-corrected chi connectivity index (χ4v) is 3.77. The number of nitrogens with one attached hydrogen (secondary N) is 1. The Kier molecular flexibility index (Phi) is 4.10. The van der Waals surface area contributed by atoms with Gasteiger partial charge >= 0.3 is 0 Å². The number of nitrogens with zero attached hydrogens (tertiary/aromatic N) is 2. The highest BCUT2D eigenvalue weighted by atomic mass is 32.1. The van der Waals surface area contributed by atoms with Crippen LogP contribution in [0.5, 0.6) is 0 Å². The molecule has 1 aliphatic rings. The summed E-state index contributed by atoms with van der Waals surface area (Å²) in [6.45, 7) is 5.81. The zero-order valence-corrected chi connectivity index (χ0v) is 13.4. The van der Waals surface area contributed by atoms with E-state index in [1.165, 1.54) is 11.3 Å². The maximum Gasteiger partial charge on any atom is 0.260 e. The lowest BCUT2D eigenvalue weighted by Gasteiger charge is -2.13. The summed E-state index contributed by atoms with van der Waals surface area (Å²) < 4.78 is 1.98. The Hall–Kier alpha value is -1.62. The van der Waals surface area contributed by atoms with E-state index in [-0.39, 0.29) is 5.56 Å². The van der Waals surface area contributed by atoms with E-state index in [1.807, 2.05) is 16.9 Å². The van der Waals surface area contributed by atoms with Gasteiger partial charge in [0.2, 0.25) is 0 Å². The Morgan fingerprint density at radius 3 is 3.00 bits per heavy atom. The highest BCUT2D eigenvalue weighted by molar-refractivity contribution is 7.14. The van der Waals surface area contributed by atoms with Crippen LogP contribution < -0.4 is 10.9 Å². The molecule has 0 fully saturated rings. The lowest BCUT2D eigenvalue weighted by atomic mass is 10.1. The molecule has 0 unspecified atom stereocenters. The number of pyridine rings is 1. The van der Waals surface area contributed by atoms with Gasteiger partial charge in [0.1, 0.15) is 0 Å². The zero-order chi connectivity index (χ0) is 14.8. The average molecular weight is 303 g/mol. The van der Waals surface area contributed by atoms with Gasteiger partial charge in [-0.05, 0) is 44.2 Å². The predicted molar refractivity (Wildman–Crippen MR) is 88.3 cm³/mol. The number of rotatable bonds is 5. The average Bonchev–Trinajstić information content (AvgIpc) is 3.11. The number of hydrogen-bond acceptors (Lipinski definition) is 4. The molecule has 0 aliphatic heterocycles. The van der Waals surface area contributed by atoms with E-state index in [9.17, 15) is 4.79 Å². The van der Waals surface area contributed by atoms with E-state index in [0.29, 0.717) is 0 Å². The number of anilines is 1. The largest absolute Gasteiger partial charge is 0.362 e. The van der Waals surface area contributed by atoms with E-state index >= 15 is 0 Å². The van der Waals surface area contributed by atoms with Gasteiger partial charge < -0.3 is 9.88 Å². The summed E-state index contributed by atoms with van der Waals surface area (Å²) >= 11 is 1.56. The smallest absolute Gasteiger partial charge is 0.260 e. The molecule has 5 heteroatoms. The first-order valence-electron chi connectivity index (χ1n) is 7.70. The van der Waals surface area contributed by atoms with Gasteiger partial charge in [-0.3, -0.25) is 4.79 Å². The van der Waals surface area contributed by atoms with Crippen molar-refractivity contribution in [3.05, 3.63) is 33.1 Å².